The summed E-state index contributed by atoms with van der Waals surface area (Å²) in [6.07, 6.45) is 5.42. The molecule has 3 amide bonds. The maximum absolute atomic E-state index is 12.9. The van der Waals surface area contributed by atoms with Crippen LogP contribution in [0.5, 0.6) is 0 Å². The van der Waals surface area contributed by atoms with E-state index < -0.39 is 42.3 Å². The van der Waals surface area contributed by atoms with Crippen molar-refractivity contribution in [2.75, 3.05) is 26.2 Å². The Kier molecular flexibility index (Phi) is 8.26. The highest BCUT2D eigenvalue weighted by Gasteiger charge is 2.44. The van der Waals surface area contributed by atoms with Gasteiger partial charge in [0.2, 0.25) is 17.7 Å². The predicted octanol–water partition coefficient (Wildman–Crippen LogP) is -2.14. The Bertz CT molecular complexity index is 704. The molecule has 0 aromatic rings. The quantitative estimate of drug-likeness (QED) is 0.310. The van der Waals surface area contributed by atoms with E-state index in [2.05, 4.69) is 21.9 Å². The van der Waals surface area contributed by atoms with Crippen LogP contribution in [-0.4, -0.2) is 95.5 Å². The molecule has 5 atom stereocenters. The summed E-state index contributed by atoms with van der Waals surface area (Å²) in [7, 11) is 0. The van der Waals surface area contributed by atoms with E-state index in [0.29, 0.717) is 19.1 Å². The Balaban J connectivity index is 1.72. The van der Waals surface area contributed by atoms with Crippen LogP contribution < -0.4 is 16.0 Å². The molecular formula is C21H32N4O6. The fourth-order valence-electron chi connectivity index (χ4n) is 4.35. The van der Waals surface area contributed by atoms with Gasteiger partial charge in [0.15, 0.2) is 0 Å². The number of terminal acetylenes is 1. The molecule has 0 unspecified atom stereocenters. The SMILES string of the molecule is C#CC[C@H]1NC(=O)CN(CCNC2CCCC2)C(=O)C[C@@H]2O[C@H](CNC1=O)[C@@H](O)[C@H]2O. The second-order valence-corrected chi connectivity index (χ2v) is 8.42. The smallest absolute Gasteiger partial charge is 0.243 e. The summed E-state index contributed by atoms with van der Waals surface area (Å²) in [6.45, 7) is 0.503. The number of hydrogen-bond donors (Lipinski definition) is 5. The Hall–Kier alpha value is -2.19. The number of amides is 3. The fourth-order valence-corrected chi connectivity index (χ4v) is 4.35. The van der Waals surface area contributed by atoms with Crippen molar-refractivity contribution in [1.82, 2.24) is 20.9 Å². The molecule has 172 valence electrons. The van der Waals surface area contributed by atoms with Crippen LogP contribution in [0.2, 0.25) is 0 Å². The van der Waals surface area contributed by atoms with Gasteiger partial charge in [0.05, 0.1) is 19.1 Å². The number of aliphatic hydroxyl groups excluding tert-OH is 2. The van der Waals surface area contributed by atoms with Gasteiger partial charge < -0.3 is 35.8 Å². The highest BCUT2D eigenvalue weighted by atomic mass is 16.5. The van der Waals surface area contributed by atoms with Crippen LogP contribution in [0.15, 0.2) is 0 Å². The van der Waals surface area contributed by atoms with E-state index in [-0.39, 0.29) is 31.8 Å². The van der Waals surface area contributed by atoms with E-state index >= 15 is 0 Å². The minimum Gasteiger partial charge on any atom is -0.388 e. The van der Waals surface area contributed by atoms with Crippen LogP contribution in [0.4, 0.5) is 0 Å². The number of nitrogens with one attached hydrogen (secondary N) is 3. The lowest BCUT2D eigenvalue weighted by molar-refractivity contribution is -0.139. The van der Waals surface area contributed by atoms with Gasteiger partial charge in [0.25, 0.3) is 0 Å². The van der Waals surface area contributed by atoms with Crippen LogP contribution in [0, 0.1) is 12.3 Å². The van der Waals surface area contributed by atoms with Gasteiger partial charge in [-0.25, -0.2) is 0 Å². The fraction of sp³-hybridized carbons (Fsp3) is 0.762. The maximum atomic E-state index is 12.9. The van der Waals surface area contributed by atoms with Crippen molar-refractivity contribution < 1.29 is 29.3 Å². The Morgan fingerprint density at radius 2 is 1.87 bits per heavy atom. The first-order chi connectivity index (χ1) is 14.9. The van der Waals surface area contributed by atoms with Crippen molar-refractivity contribution in [2.24, 2.45) is 0 Å². The molecule has 2 saturated heterocycles. The van der Waals surface area contributed by atoms with Crippen molar-refractivity contribution in [2.45, 2.75) is 75.0 Å². The second kappa shape index (κ2) is 10.9. The number of aliphatic hydroxyl groups is 2. The normalized spacial score (nSPS) is 33.1. The van der Waals surface area contributed by atoms with Crippen LogP contribution in [0.1, 0.15) is 38.5 Å². The molecule has 5 N–H and O–H groups in total. The highest BCUT2D eigenvalue weighted by Crippen LogP contribution is 2.24. The van der Waals surface area contributed by atoms with Crippen LogP contribution in [-0.2, 0) is 19.1 Å². The molecule has 3 rings (SSSR count). The molecule has 3 fully saturated rings. The largest absolute Gasteiger partial charge is 0.388 e. The zero-order chi connectivity index (χ0) is 22.4. The van der Waals surface area contributed by atoms with Crippen molar-refractivity contribution in [1.29, 1.82) is 0 Å². The first-order valence-electron chi connectivity index (χ1n) is 10.9. The monoisotopic (exact) mass is 436 g/mol. The third-order valence-electron chi connectivity index (χ3n) is 6.15. The third-order valence-corrected chi connectivity index (χ3v) is 6.15. The Morgan fingerprint density at radius 3 is 2.58 bits per heavy atom. The van der Waals surface area contributed by atoms with Gasteiger partial charge >= 0.3 is 0 Å². The van der Waals surface area contributed by atoms with Gasteiger partial charge in [-0.15, -0.1) is 12.3 Å². The molecule has 10 heteroatoms. The molecule has 0 aromatic carbocycles. The standard InChI is InChI=1S/C21H32N4O6/c1-2-5-14-21(30)23-11-16-20(29)19(28)15(31-16)10-18(27)25(12-17(26)24-14)9-8-22-13-6-3-4-7-13/h1,13-16,19-20,22,28-29H,3-12H2,(H,23,30)(H,24,26)/t14-,15+,16-,19+,20-/m1/s1. The molecule has 3 aliphatic rings. The summed E-state index contributed by atoms with van der Waals surface area (Å²) in [5.74, 6) is 0.989. The molecule has 0 aromatic heterocycles. The zero-order valence-electron chi connectivity index (χ0n) is 17.6. The first-order valence-corrected chi connectivity index (χ1v) is 10.9. The lowest BCUT2D eigenvalue weighted by Crippen LogP contribution is -2.52. The van der Waals surface area contributed by atoms with Gasteiger partial charge in [-0.3, -0.25) is 14.4 Å². The van der Waals surface area contributed by atoms with Gasteiger partial charge in [0.1, 0.15) is 24.4 Å². The van der Waals surface area contributed by atoms with Crippen LogP contribution in [0.25, 0.3) is 0 Å². The summed E-state index contributed by atoms with van der Waals surface area (Å²) in [6, 6.07) is -0.550. The maximum Gasteiger partial charge on any atom is 0.243 e. The van der Waals surface area contributed by atoms with E-state index in [1.54, 1.807) is 0 Å². The summed E-state index contributed by atoms with van der Waals surface area (Å²) in [4.78, 5) is 39.4. The minimum atomic E-state index is -1.26. The van der Waals surface area contributed by atoms with E-state index in [0.717, 1.165) is 12.8 Å². The second-order valence-electron chi connectivity index (χ2n) is 8.42. The molecule has 0 spiro atoms. The zero-order valence-corrected chi connectivity index (χ0v) is 17.6. The van der Waals surface area contributed by atoms with Crippen molar-refractivity contribution >= 4 is 17.7 Å². The molecule has 2 heterocycles. The number of carbonyl (C=O) groups excluding carboxylic acids is 3. The summed E-state index contributed by atoms with van der Waals surface area (Å²) < 4.78 is 5.65. The average Bonchev–Trinajstić information content (AvgIpc) is 3.34. The topological polar surface area (TPSA) is 140 Å². The molecule has 2 bridgehead atoms. The molecular weight excluding hydrogens is 404 g/mol. The van der Waals surface area contributed by atoms with E-state index in [4.69, 9.17) is 11.2 Å². The van der Waals surface area contributed by atoms with E-state index in [1.807, 2.05) is 0 Å². The summed E-state index contributed by atoms with van der Waals surface area (Å²) >= 11 is 0. The number of nitrogens with zero attached hydrogens (tertiary/aromatic N) is 1. The highest BCUT2D eigenvalue weighted by molar-refractivity contribution is 5.90. The van der Waals surface area contributed by atoms with Crippen molar-refractivity contribution in [3.63, 3.8) is 0 Å². The number of hydrogen-bond acceptors (Lipinski definition) is 7. The molecule has 10 nitrogen and oxygen atoms in total. The number of ether oxygens (including phenoxy) is 1. The third kappa shape index (κ3) is 6.17. The first kappa shape index (κ1) is 23.5. The molecule has 31 heavy (non-hydrogen) atoms. The number of rotatable bonds is 5. The Labute approximate surface area is 182 Å². The Morgan fingerprint density at radius 1 is 1.16 bits per heavy atom. The van der Waals surface area contributed by atoms with Gasteiger partial charge in [-0.1, -0.05) is 12.8 Å². The van der Waals surface area contributed by atoms with Gasteiger partial charge in [0, 0.05) is 32.1 Å². The van der Waals surface area contributed by atoms with Crippen LogP contribution >= 0.6 is 0 Å². The molecule has 2 aliphatic heterocycles. The molecule has 1 aliphatic carbocycles. The number of fused-ring (bicyclic) bond motifs is 2. The van der Waals surface area contributed by atoms with Gasteiger partial charge in [-0.05, 0) is 12.8 Å². The predicted molar refractivity (Wildman–Crippen MR) is 111 cm³/mol. The van der Waals surface area contributed by atoms with E-state index in [9.17, 15) is 24.6 Å². The summed E-state index contributed by atoms with van der Waals surface area (Å²) in [5.41, 5.74) is 0. The average molecular weight is 437 g/mol. The van der Waals surface area contributed by atoms with Crippen LogP contribution in [0.3, 0.4) is 0 Å². The van der Waals surface area contributed by atoms with Crippen molar-refractivity contribution in [3.05, 3.63) is 0 Å². The molecule has 1 saturated carbocycles. The summed E-state index contributed by atoms with van der Waals surface area (Å²) in [5, 5.41) is 29.1. The lowest BCUT2D eigenvalue weighted by atomic mass is 10.0. The van der Waals surface area contributed by atoms with Gasteiger partial charge in [-0.2, -0.15) is 0 Å². The molecule has 0 radical (unpaired) electrons. The van der Waals surface area contributed by atoms with E-state index in [1.165, 1.54) is 17.7 Å². The number of carbonyl (C=O) groups is 3. The lowest BCUT2D eigenvalue weighted by Gasteiger charge is -2.26. The minimum absolute atomic E-state index is 0.0198. The van der Waals surface area contributed by atoms with Crippen molar-refractivity contribution in [3.8, 4) is 12.3 Å².